The third-order valence-corrected chi connectivity index (χ3v) is 3.51. The van der Waals surface area contributed by atoms with Crippen molar-refractivity contribution >= 4 is 0 Å². The second kappa shape index (κ2) is 5.97. The summed E-state index contributed by atoms with van der Waals surface area (Å²) in [6.07, 6.45) is 5.45. The molecule has 4 heteroatoms. The molecule has 1 aromatic heterocycles. The van der Waals surface area contributed by atoms with Crippen LogP contribution < -0.4 is 5.32 Å². The Labute approximate surface area is 115 Å². The fourth-order valence-corrected chi connectivity index (χ4v) is 2.54. The van der Waals surface area contributed by atoms with Crippen molar-refractivity contribution in [1.29, 1.82) is 0 Å². The van der Waals surface area contributed by atoms with Gasteiger partial charge in [-0.1, -0.05) is 0 Å². The third kappa shape index (κ3) is 4.55. The molecule has 106 valence electrons. The van der Waals surface area contributed by atoms with E-state index in [2.05, 4.69) is 36.0 Å². The zero-order valence-corrected chi connectivity index (χ0v) is 12.1. The number of halogens is 1. The zero-order valence-electron chi connectivity index (χ0n) is 12.1. The predicted molar refractivity (Wildman–Crippen MR) is 75.4 cm³/mol. The third-order valence-electron chi connectivity index (χ3n) is 3.51. The first-order chi connectivity index (χ1) is 8.94. The SMILES string of the molecule is CC(C)(C)NCC1CCCN1Cc1cncc(F)c1. The molecular formula is C15H24FN3. The Bertz CT molecular complexity index is 414. The van der Waals surface area contributed by atoms with Crippen LogP contribution >= 0.6 is 0 Å². The van der Waals surface area contributed by atoms with E-state index in [0.717, 1.165) is 25.2 Å². The topological polar surface area (TPSA) is 28.2 Å². The van der Waals surface area contributed by atoms with Crippen molar-refractivity contribution in [2.24, 2.45) is 0 Å². The number of aromatic nitrogens is 1. The molecule has 0 radical (unpaired) electrons. The van der Waals surface area contributed by atoms with Crippen LogP contribution in [0, 0.1) is 5.82 Å². The molecule has 1 aliphatic rings. The Morgan fingerprint density at radius 1 is 1.42 bits per heavy atom. The summed E-state index contributed by atoms with van der Waals surface area (Å²) >= 11 is 0. The molecule has 0 spiro atoms. The normalized spacial score (nSPS) is 20.9. The summed E-state index contributed by atoms with van der Waals surface area (Å²) in [6, 6.07) is 2.13. The van der Waals surface area contributed by atoms with Crippen molar-refractivity contribution in [3.63, 3.8) is 0 Å². The molecule has 1 unspecified atom stereocenters. The number of nitrogens with one attached hydrogen (secondary N) is 1. The molecule has 2 heterocycles. The zero-order chi connectivity index (χ0) is 13.9. The molecule has 0 aliphatic carbocycles. The van der Waals surface area contributed by atoms with Gasteiger partial charge in [0, 0.05) is 30.9 Å². The number of nitrogens with zero attached hydrogens (tertiary/aromatic N) is 2. The Morgan fingerprint density at radius 3 is 2.89 bits per heavy atom. The smallest absolute Gasteiger partial charge is 0.141 e. The maximum absolute atomic E-state index is 13.1. The lowest BCUT2D eigenvalue weighted by Gasteiger charge is -2.29. The van der Waals surface area contributed by atoms with E-state index in [1.807, 2.05) is 0 Å². The van der Waals surface area contributed by atoms with Crippen LogP contribution in [0.5, 0.6) is 0 Å². The number of rotatable bonds is 4. The van der Waals surface area contributed by atoms with Crippen LogP contribution in [0.25, 0.3) is 0 Å². The first-order valence-electron chi connectivity index (χ1n) is 7.02. The molecule has 0 saturated carbocycles. The van der Waals surface area contributed by atoms with Crippen LogP contribution in [-0.2, 0) is 6.54 Å². The minimum atomic E-state index is -0.249. The van der Waals surface area contributed by atoms with Crippen LogP contribution in [0.3, 0.4) is 0 Å². The van der Waals surface area contributed by atoms with Gasteiger partial charge >= 0.3 is 0 Å². The van der Waals surface area contributed by atoms with Crippen LogP contribution in [0.4, 0.5) is 4.39 Å². The summed E-state index contributed by atoms with van der Waals surface area (Å²) in [5, 5.41) is 3.56. The van der Waals surface area contributed by atoms with E-state index >= 15 is 0 Å². The number of hydrogen-bond donors (Lipinski definition) is 1. The monoisotopic (exact) mass is 265 g/mol. The van der Waals surface area contributed by atoms with Gasteiger partial charge in [0.2, 0.25) is 0 Å². The van der Waals surface area contributed by atoms with Crippen molar-refractivity contribution in [3.05, 3.63) is 29.8 Å². The first kappa shape index (κ1) is 14.4. The summed E-state index contributed by atoms with van der Waals surface area (Å²) in [5.41, 5.74) is 1.11. The van der Waals surface area contributed by atoms with Crippen LogP contribution in [-0.4, -0.2) is 34.6 Å². The minimum absolute atomic E-state index is 0.147. The molecule has 2 rings (SSSR count). The summed E-state index contributed by atoms with van der Waals surface area (Å²) in [7, 11) is 0. The van der Waals surface area contributed by atoms with Gasteiger partial charge in [-0.2, -0.15) is 0 Å². The van der Waals surface area contributed by atoms with Gasteiger partial charge < -0.3 is 5.32 Å². The lowest BCUT2D eigenvalue weighted by Crippen LogP contribution is -2.44. The molecule has 1 N–H and O–H groups in total. The van der Waals surface area contributed by atoms with Crippen molar-refractivity contribution in [1.82, 2.24) is 15.2 Å². The molecule has 1 fully saturated rings. The Kier molecular flexibility index (Phi) is 4.53. The highest BCUT2D eigenvalue weighted by atomic mass is 19.1. The molecule has 1 aromatic rings. The van der Waals surface area contributed by atoms with Gasteiger partial charge in [0.15, 0.2) is 0 Å². The molecular weight excluding hydrogens is 241 g/mol. The molecule has 1 saturated heterocycles. The van der Waals surface area contributed by atoms with E-state index in [1.54, 1.807) is 12.3 Å². The van der Waals surface area contributed by atoms with Gasteiger partial charge in [-0.25, -0.2) is 4.39 Å². The highest BCUT2D eigenvalue weighted by molar-refractivity contribution is 5.10. The summed E-state index contributed by atoms with van der Waals surface area (Å²) in [4.78, 5) is 6.35. The Morgan fingerprint density at radius 2 is 2.21 bits per heavy atom. The van der Waals surface area contributed by atoms with E-state index in [-0.39, 0.29) is 11.4 Å². The van der Waals surface area contributed by atoms with Gasteiger partial charge in [0.1, 0.15) is 5.82 Å². The largest absolute Gasteiger partial charge is 0.311 e. The van der Waals surface area contributed by atoms with Crippen LogP contribution in [0.1, 0.15) is 39.2 Å². The summed E-state index contributed by atoms with van der Waals surface area (Å²) in [5.74, 6) is -0.249. The predicted octanol–water partition coefficient (Wildman–Crippen LogP) is 2.57. The van der Waals surface area contributed by atoms with Crippen molar-refractivity contribution < 1.29 is 4.39 Å². The second-order valence-electron chi connectivity index (χ2n) is 6.41. The van der Waals surface area contributed by atoms with E-state index in [4.69, 9.17) is 0 Å². The standard InChI is InChI=1S/C15H24FN3/c1-15(2,3)18-10-14-5-4-6-19(14)11-12-7-13(16)9-17-8-12/h7-9,14,18H,4-6,10-11H2,1-3H3. The average Bonchev–Trinajstić information content (AvgIpc) is 2.73. The van der Waals surface area contributed by atoms with Crippen LogP contribution in [0.15, 0.2) is 18.5 Å². The highest BCUT2D eigenvalue weighted by Gasteiger charge is 2.25. The number of likely N-dealkylation sites (tertiary alicyclic amines) is 1. The minimum Gasteiger partial charge on any atom is -0.311 e. The first-order valence-corrected chi connectivity index (χ1v) is 7.02. The van der Waals surface area contributed by atoms with E-state index in [1.165, 1.54) is 19.0 Å². The fraction of sp³-hybridized carbons (Fsp3) is 0.667. The quantitative estimate of drug-likeness (QED) is 0.907. The van der Waals surface area contributed by atoms with E-state index in [0.29, 0.717) is 6.04 Å². The molecule has 0 amide bonds. The van der Waals surface area contributed by atoms with E-state index in [9.17, 15) is 4.39 Å². The van der Waals surface area contributed by atoms with Crippen LogP contribution in [0.2, 0.25) is 0 Å². The van der Waals surface area contributed by atoms with Gasteiger partial charge in [-0.3, -0.25) is 9.88 Å². The molecule has 0 bridgehead atoms. The molecule has 3 nitrogen and oxygen atoms in total. The van der Waals surface area contributed by atoms with E-state index < -0.39 is 0 Å². The van der Waals surface area contributed by atoms with Crippen molar-refractivity contribution in [2.75, 3.05) is 13.1 Å². The maximum Gasteiger partial charge on any atom is 0.141 e. The molecule has 1 atom stereocenters. The molecule has 19 heavy (non-hydrogen) atoms. The van der Waals surface area contributed by atoms with Crippen molar-refractivity contribution in [2.45, 2.75) is 51.7 Å². The Balaban J connectivity index is 1.92. The average molecular weight is 265 g/mol. The highest BCUT2D eigenvalue weighted by Crippen LogP contribution is 2.20. The molecule has 0 aromatic carbocycles. The number of hydrogen-bond acceptors (Lipinski definition) is 3. The maximum atomic E-state index is 13.1. The summed E-state index contributed by atoms with van der Waals surface area (Å²) in [6.45, 7) is 9.43. The Hall–Kier alpha value is -1.00. The van der Waals surface area contributed by atoms with Crippen molar-refractivity contribution in [3.8, 4) is 0 Å². The lowest BCUT2D eigenvalue weighted by molar-refractivity contribution is 0.225. The van der Waals surface area contributed by atoms with Gasteiger partial charge in [-0.05, 0) is 51.8 Å². The molecule has 1 aliphatic heterocycles. The van der Waals surface area contributed by atoms with Gasteiger partial charge in [-0.15, -0.1) is 0 Å². The number of pyridine rings is 1. The van der Waals surface area contributed by atoms with Gasteiger partial charge in [0.25, 0.3) is 0 Å². The summed E-state index contributed by atoms with van der Waals surface area (Å²) < 4.78 is 13.1. The van der Waals surface area contributed by atoms with Gasteiger partial charge in [0.05, 0.1) is 6.20 Å². The second-order valence-corrected chi connectivity index (χ2v) is 6.41. The fourth-order valence-electron chi connectivity index (χ4n) is 2.54. The lowest BCUT2D eigenvalue weighted by atomic mass is 10.1.